The van der Waals surface area contributed by atoms with Gasteiger partial charge in [-0.2, -0.15) is 0 Å². The van der Waals surface area contributed by atoms with E-state index in [1.165, 1.54) is 12.3 Å². The third-order valence-corrected chi connectivity index (χ3v) is 4.74. The van der Waals surface area contributed by atoms with Gasteiger partial charge in [0.05, 0.1) is 24.1 Å². The van der Waals surface area contributed by atoms with Crippen LogP contribution in [0.15, 0.2) is 61.9 Å². The van der Waals surface area contributed by atoms with Crippen LogP contribution in [0.1, 0.15) is 26.7 Å². The molecule has 7 heteroatoms. The number of fused-ring (bicyclic) bond motifs is 2. The molecule has 2 heterocycles. The Balaban J connectivity index is 1.86. The number of ether oxygens (including phenoxy) is 2. The van der Waals surface area contributed by atoms with Gasteiger partial charge in [-0.1, -0.05) is 12.2 Å². The van der Waals surface area contributed by atoms with Gasteiger partial charge in [0.15, 0.2) is 11.2 Å². The van der Waals surface area contributed by atoms with Crippen LogP contribution >= 0.6 is 0 Å². The molecule has 7 nitrogen and oxygen atoms in total. The topological polar surface area (TPSA) is 91.3 Å². The molecule has 0 aliphatic carbocycles. The molecule has 0 bridgehead atoms. The summed E-state index contributed by atoms with van der Waals surface area (Å²) in [5, 5.41) is 10.3. The summed E-state index contributed by atoms with van der Waals surface area (Å²) in [6.45, 7) is 7.81. The second kappa shape index (κ2) is 8.98. The van der Waals surface area contributed by atoms with Gasteiger partial charge in [-0.25, -0.2) is 9.68 Å². The number of hydrogen-bond donors (Lipinski definition) is 1. The van der Waals surface area contributed by atoms with E-state index in [0.717, 1.165) is 16.5 Å². The largest absolute Gasteiger partial charge is 0.495 e. The third-order valence-electron chi connectivity index (χ3n) is 4.74. The third kappa shape index (κ3) is 4.36. The molecule has 29 heavy (non-hydrogen) atoms. The summed E-state index contributed by atoms with van der Waals surface area (Å²) in [6.07, 6.45) is 4.36. The van der Waals surface area contributed by atoms with Crippen LogP contribution in [0, 0.1) is 0 Å². The maximum Gasteiger partial charge on any atom is 0.336 e. The fourth-order valence-corrected chi connectivity index (χ4v) is 3.14. The zero-order chi connectivity index (χ0) is 21.0. The van der Waals surface area contributed by atoms with Gasteiger partial charge in [0.25, 0.3) is 0 Å². The highest BCUT2D eigenvalue weighted by Gasteiger charge is 2.20. The fourth-order valence-electron chi connectivity index (χ4n) is 3.14. The Morgan fingerprint density at radius 3 is 2.66 bits per heavy atom. The quantitative estimate of drug-likeness (QED) is 0.232. The first-order valence-corrected chi connectivity index (χ1v) is 9.21. The Hall–Kier alpha value is -3.03. The maximum absolute atomic E-state index is 11.8. The van der Waals surface area contributed by atoms with Gasteiger partial charge in [0.2, 0.25) is 5.75 Å². The summed E-state index contributed by atoms with van der Waals surface area (Å²) < 4.78 is 22.4. The Morgan fingerprint density at radius 2 is 1.97 bits per heavy atom. The predicted octanol–water partition coefficient (Wildman–Crippen LogP) is 5.09. The standard InChI is InChI=1S/C22H24O7/c1-13(2)17(29-24)7-5-14(3)9-11-27-22-20-16(10-12-26-20)19(25-4)15-6-8-18(23)28-21(15)22/h6,8-10,12,17,24H,1,5,7,11H2,2-4H3/b14-9+. The molecule has 3 rings (SSSR count). The first-order valence-electron chi connectivity index (χ1n) is 9.21. The van der Waals surface area contributed by atoms with Crippen molar-refractivity contribution in [3.63, 3.8) is 0 Å². The van der Waals surface area contributed by atoms with E-state index in [0.29, 0.717) is 35.3 Å². The van der Waals surface area contributed by atoms with Crippen LogP contribution in [0.25, 0.3) is 21.9 Å². The molecule has 154 valence electrons. The molecular formula is C22H24O7. The average Bonchev–Trinajstić information content (AvgIpc) is 3.17. The lowest BCUT2D eigenvalue weighted by Gasteiger charge is -2.13. The van der Waals surface area contributed by atoms with Gasteiger partial charge in [-0.3, -0.25) is 5.26 Å². The van der Waals surface area contributed by atoms with Crippen LogP contribution in [-0.2, 0) is 4.89 Å². The number of rotatable bonds is 9. The second-order valence-corrected chi connectivity index (χ2v) is 6.86. The van der Waals surface area contributed by atoms with E-state index in [1.54, 1.807) is 26.2 Å². The molecule has 1 atom stereocenters. The minimum Gasteiger partial charge on any atom is -0.495 e. The summed E-state index contributed by atoms with van der Waals surface area (Å²) in [7, 11) is 1.55. The van der Waals surface area contributed by atoms with E-state index in [2.05, 4.69) is 11.5 Å². The van der Waals surface area contributed by atoms with Crippen molar-refractivity contribution in [2.45, 2.75) is 32.8 Å². The Labute approximate surface area is 167 Å². The zero-order valence-corrected chi connectivity index (χ0v) is 16.7. The molecule has 1 N–H and O–H groups in total. The summed E-state index contributed by atoms with van der Waals surface area (Å²) >= 11 is 0. The molecule has 0 fully saturated rings. The van der Waals surface area contributed by atoms with Crippen molar-refractivity contribution in [2.24, 2.45) is 0 Å². The van der Waals surface area contributed by atoms with Crippen LogP contribution < -0.4 is 15.1 Å². The molecule has 1 aromatic carbocycles. The van der Waals surface area contributed by atoms with Crippen LogP contribution in [0.4, 0.5) is 0 Å². The van der Waals surface area contributed by atoms with Gasteiger partial charge in [0.1, 0.15) is 18.5 Å². The van der Waals surface area contributed by atoms with E-state index >= 15 is 0 Å². The molecule has 2 aromatic heterocycles. The summed E-state index contributed by atoms with van der Waals surface area (Å²) in [5.41, 5.74) is 2.06. The summed E-state index contributed by atoms with van der Waals surface area (Å²) in [6, 6.07) is 4.76. The van der Waals surface area contributed by atoms with Crippen molar-refractivity contribution in [1.29, 1.82) is 0 Å². The Morgan fingerprint density at radius 1 is 1.21 bits per heavy atom. The maximum atomic E-state index is 11.8. The second-order valence-electron chi connectivity index (χ2n) is 6.86. The molecule has 1 unspecified atom stereocenters. The highest BCUT2D eigenvalue weighted by Crippen LogP contribution is 2.42. The minimum atomic E-state index is -0.489. The number of benzene rings is 1. The monoisotopic (exact) mass is 400 g/mol. The Kier molecular flexibility index (Phi) is 6.41. The van der Waals surface area contributed by atoms with E-state index in [-0.39, 0.29) is 12.2 Å². The van der Waals surface area contributed by atoms with Gasteiger partial charge in [-0.05, 0) is 50.5 Å². The van der Waals surface area contributed by atoms with Gasteiger partial charge >= 0.3 is 5.63 Å². The van der Waals surface area contributed by atoms with Crippen LogP contribution in [0.2, 0.25) is 0 Å². The van der Waals surface area contributed by atoms with Crippen molar-refractivity contribution in [3.8, 4) is 11.5 Å². The molecule has 0 saturated carbocycles. The summed E-state index contributed by atoms with van der Waals surface area (Å²) in [4.78, 5) is 16.2. The highest BCUT2D eigenvalue weighted by molar-refractivity contribution is 6.06. The SMILES string of the molecule is C=C(C)C(CC/C(C)=C/COc1c2occc2c(OC)c2ccc(=O)oc12)OO. The average molecular weight is 400 g/mol. The van der Waals surface area contributed by atoms with Crippen molar-refractivity contribution >= 4 is 21.9 Å². The van der Waals surface area contributed by atoms with E-state index < -0.39 is 11.7 Å². The number of hydrogen-bond acceptors (Lipinski definition) is 7. The smallest absolute Gasteiger partial charge is 0.336 e. The van der Waals surface area contributed by atoms with Crippen molar-refractivity contribution < 1.29 is 28.5 Å². The number of methoxy groups -OCH3 is 1. The lowest BCUT2D eigenvalue weighted by Crippen LogP contribution is -2.11. The van der Waals surface area contributed by atoms with Crippen LogP contribution in [0.5, 0.6) is 11.5 Å². The normalized spacial score (nSPS) is 13.0. The van der Waals surface area contributed by atoms with Gasteiger partial charge < -0.3 is 18.3 Å². The number of allylic oxidation sites excluding steroid dienone is 1. The molecular weight excluding hydrogens is 376 g/mol. The fraction of sp³-hybridized carbons (Fsp3) is 0.318. The van der Waals surface area contributed by atoms with Crippen molar-refractivity contribution in [1.82, 2.24) is 0 Å². The minimum absolute atomic E-state index is 0.249. The molecule has 0 spiro atoms. The number of furan rings is 1. The van der Waals surface area contributed by atoms with E-state index in [1.807, 2.05) is 13.0 Å². The molecule has 0 saturated heterocycles. The lowest BCUT2D eigenvalue weighted by molar-refractivity contribution is -0.269. The molecule has 0 aliphatic rings. The Bertz CT molecular complexity index is 1100. The summed E-state index contributed by atoms with van der Waals surface area (Å²) in [5.74, 6) is 0.905. The molecule has 0 radical (unpaired) electrons. The van der Waals surface area contributed by atoms with Crippen molar-refractivity contribution in [2.75, 3.05) is 13.7 Å². The van der Waals surface area contributed by atoms with Gasteiger partial charge in [-0.15, -0.1) is 0 Å². The van der Waals surface area contributed by atoms with Crippen LogP contribution in [-0.4, -0.2) is 25.1 Å². The lowest BCUT2D eigenvalue weighted by atomic mass is 10.0. The molecule has 3 aromatic rings. The molecule has 0 aliphatic heterocycles. The van der Waals surface area contributed by atoms with E-state index in [4.69, 9.17) is 23.6 Å². The van der Waals surface area contributed by atoms with E-state index in [9.17, 15) is 4.79 Å². The van der Waals surface area contributed by atoms with Crippen molar-refractivity contribution in [3.05, 3.63) is 58.7 Å². The molecule has 0 amide bonds. The highest BCUT2D eigenvalue weighted by atomic mass is 17.1. The first kappa shape index (κ1) is 20.7. The zero-order valence-electron chi connectivity index (χ0n) is 16.7. The van der Waals surface area contributed by atoms with Gasteiger partial charge in [0, 0.05) is 6.07 Å². The predicted molar refractivity (Wildman–Crippen MR) is 110 cm³/mol. The first-order chi connectivity index (χ1) is 14.0. The van der Waals surface area contributed by atoms with Crippen LogP contribution in [0.3, 0.4) is 0 Å².